The molecule has 2 aromatic rings. The van der Waals surface area contributed by atoms with E-state index in [1.807, 2.05) is 31.2 Å². The van der Waals surface area contributed by atoms with Crippen molar-refractivity contribution in [1.82, 2.24) is 4.98 Å². The van der Waals surface area contributed by atoms with Crippen molar-refractivity contribution in [2.45, 2.75) is 13.8 Å². The third-order valence-corrected chi connectivity index (χ3v) is 2.80. The first-order valence-electron chi connectivity index (χ1n) is 6.08. The Morgan fingerprint density at radius 3 is 2.53 bits per heavy atom. The number of nitrogens with one attached hydrogen (secondary N) is 1. The minimum absolute atomic E-state index is 0.0277. The maximum Gasteiger partial charge on any atom is 0.343 e. The van der Waals surface area contributed by atoms with E-state index in [1.165, 1.54) is 6.20 Å². The molecule has 1 aromatic carbocycles. The van der Waals surface area contributed by atoms with Crippen molar-refractivity contribution >= 4 is 5.97 Å². The van der Waals surface area contributed by atoms with Gasteiger partial charge in [-0.2, -0.15) is 0 Å². The standard InChI is InChI=1S/C15H15NO3/c1-3-19-15(18)13-9-16-8-12(14(13)17)11-6-4-10(2)5-7-11/h4-9H,3H2,1-2H3,(H,16,17). The predicted octanol–water partition coefficient (Wildman–Crippen LogP) is 2.53. The number of H-pyrrole nitrogens is 1. The predicted molar refractivity (Wildman–Crippen MR) is 73.2 cm³/mol. The number of carbonyl (C=O) groups is 1. The van der Waals surface area contributed by atoms with Crippen LogP contribution in [0.4, 0.5) is 0 Å². The lowest BCUT2D eigenvalue weighted by Crippen LogP contribution is -2.19. The smallest absolute Gasteiger partial charge is 0.343 e. The summed E-state index contributed by atoms with van der Waals surface area (Å²) >= 11 is 0. The molecule has 0 saturated heterocycles. The lowest BCUT2D eigenvalue weighted by molar-refractivity contribution is 0.0524. The zero-order valence-corrected chi connectivity index (χ0v) is 10.9. The van der Waals surface area contributed by atoms with Gasteiger partial charge in [0.05, 0.1) is 6.61 Å². The zero-order valence-electron chi connectivity index (χ0n) is 10.9. The molecule has 1 heterocycles. The van der Waals surface area contributed by atoms with Gasteiger partial charge in [-0.25, -0.2) is 4.79 Å². The third-order valence-electron chi connectivity index (χ3n) is 2.80. The fourth-order valence-corrected chi connectivity index (χ4v) is 1.79. The topological polar surface area (TPSA) is 59.2 Å². The van der Waals surface area contributed by atoms with E-state index in [0.717, 1.165) is 11.1 Å². The number of aromatic nitrogens is 1. The maximum atomic E-state index is 12.2. The highest BCUT2D eigenvalue weighted by Gasteiger charge is 2.14. The first-order chi connectivity index (χ1) is 9.13. The second-order valence-corrected chi connectivity index (χ2v) is 4.20. The number of ether oxygens (including phenoxy) is 1. The van der Waals surface area contributed by atoms with E-state index in [1.54, 1.807) is 13.1 Å². The van der Waals surface area contributed by atoms with Gasteiger partial charge >= 0.3 is 5.97 Å². The van der Waals surface area contributed by atoms with E-state index >= 15 is 0 Å². The van der Waals surface area contributed by atoms with Crippen molar-refractivity contribution < 1.29 is 9.53 Å². The van der Waals surface area contributed by atoms with Crippen LogP contribution in [0.5, 0.6) is 0 Å². The summed E-state index contributed by atoms with van der Waals surface area (Å²) in [5.41, 5.74) is 2.06. The monoisotopic (exact) mass is 257 g/mol. The Hall–Kier alpha value is -2.36. The Morgan fingerprint density at radius 1 is 1.21 bits per heavy atom. The summed E-state index contributed by atoms with van der Waals surface area (Å²) in [6, 6.07) is 7.56. The number of rotatable bonds is 3. The van der Waals surface area contributed by atoms with Gasteiger partial charge in [-0.1, -0.05) is 29.8 Å². The van der Waals surface area contributed by atoms with Crippen molar-refractivity contribution in [2.24, 2.45) is 0 Å². The quantitative estimate of drug-likeness (QED) is 0.859. The van der Waals surface area contributed by atoms with Crippen LogP contribution in [0.3, 0.4) is 0 Å². The highest BCUT2D eigenvalue weighted by atomic mass is 16.5. The molecule has 0 bridgehead atoms. The van der Waals surface area contributed by atoms with Crippen molar-refractivity contribution in [1.29, 1.82) is 0 Å². The molecule has 1 N–H and O–H groups in total. The van der Waals surface area contributed by atoms with Crippen LogP contribution in [0.25, 0.3) is 11.1 Å². The summed E-state index contributed by atoms with van der Waals surface area (Å²) in [6.45, 7) is 3.92. The minimum atomic E-state index is -0.599. The normalized spacial score (nSPS) is 10.2. The molecule has 0 aliphatic heterocycles. The fraction of sp³-hybridized carbons (Fsp3) is 0.200. The fourth-order valence-electron chi connectivity index (χ4n) is 1.79. The lowest BCUT2D eigenvalue weighted by Gasteiger charge is -2.05. The number of hydrogen-bond donors (Lipinski definition) is 1. The molecular formula is C15H15NO3. The molecule has 4 heteroatoms. The summed E-state index contributed by atoms with van der Waals surface area (Å²) in [5, 5.41) is 0. The molecule has 0 fully saturated rings. The van der Waals surface area contributed by atoms with Gasteiger partial charge in [0.1, 0.15) is 5.56 Å². The van der Waals surface area contributed by atoms with E-state index in [0.29, 0.717) is 5.56 Å². The average Bonchev–Trinajstić information content (AvgIpc) is 2.40. The van der Waals surface area contributed by atoms with Crippen molar-refractivity contribution in [3.05, 3.63) is 58.0 Å². The van der Waals surface area contributed by atoms with Gasteiger partial charge < -0.3 is 9.72 Å². The molecule has 0 amide bonds. The van der Waals surface area contributed by atoms with E-state index < -0.39 is 5.97 Å². The Bertz CT molecular complexity index is 641. The molecule has 1 aromatic heterocycles. The molecule has 98 valence electrons. The van der Waals surface area contributed by atoms with Gasteiger partial charge in [-0.05, 0) is 19.4 Å². The molecule has 4 nitrogen and oxygen atoms in total. The van der Waals surface area contributed by atoms with Crippen molar-refractivity contribution in [2.75, 3.05) is 6.61 Å². The maximum absolute atomic E-state index is 12.2. The van der Waals surface area contributed by atoms with Crippen LogP contribution in [0.1, 0.15) is 22.8 Å². The van der Waals surface area contributed by atoms with Crippen molar-refractivity contribution in [3.8, 4) is 11.1 Å². The number of aryl methyl sites for hydroxylation is 1. The Morgan fingerprint density at radius 2 is 1.89 bits per heavy atom. The van der Waals surface area contributed by atoms with E-state index in [2.05, 4.69) is 4.98 Å². The first kappa shape index (κ1) is 13.1. The van der Waals surface area contributed by atoms with Gasteiger partial charge in [-0.3, -0.25) is 4.79 Å². The molecule has 0 unspecified atom stereocenters. The number of carbonyl (C=O) groups excluding carboxylic acids is 1. The van der Waals surface area contributed by atoms with Crippen LogP contribution >= 0.6 is 0 Å². The Kier molecular flexibility index (Phi) is 3.80. The number of benzene rings is 1. The van der Waals surface area contributed by atoms with Crippen LogP contribution in [0.15, 0.2) is 41.5 Å². The Labute approximate surface area is 111 Å². The summed E-state index contributed by atoms with van der Waals surface area (Å²) in [6.07, 6.45) is 2.97. The highest BCUT2D eigenvalue weighted by molar-refractivity contribution is 5.90. The van der Waals surface area contributed by atoms with E-state index in [9.17, 15) is 9.59 Å². The minimum Gasteiger partial charge on any atom is -0.462 e. The second kappa shape index (κ2) is 5.52. The molecule has 0 radical (unpaired) electrons. The molecule has 0 spiro atoms. The lowest BCUT2D eigenvalue weighted by atomic mass is 10.0. The van der Waals surface area contributed by atoms with Gasteiger partial charge in [0.2, 0.25) is 5.43 Å². The molecule has 19 heavy (non-hydrogen) atoms. The van der Waals surface area contributed by atoms with E-state index in [4.69, 9.17) is 4.74 Å². The van der Waals surface area contributed by atoms with Crippen LogP contribution in [0, 0.1) is 6.92 Å². The van der Waals surface area contributed by atoms with Gasteiger partial charge in [0.15, 0.2) is 0 Å². The average molecular weight is 257 g/mol. The van der Waals surface area contributed by atoms with Crippen LogP contribution in [0.2, 0.25) is 0 Å². The summed E-state index contributed by atoms with van der Waals surface area (Å²) in [7, 11) is 0. The van der Waals surface area contributed by atoms with Gasteiger partial charge in [-0.15, -0.1) is 0 Å². The zero-order chi connectivity index (χ0) is 13.8. The van der Waals surface area contributed by atoms with Gasteiger partial charge in [0, 0.05) is 18.0 Å². The molecule has 0 atom stereocenters. The Balaban J connectivity index is 2.48. The summed E-state index contributed by atoms with van der Waals surface area (Å²) in [5.74, 6) is -0.599. The van der Waals surface area contributed by atoms with E-state index in [-0.39, 0.29) is 17.6 Å². The van der Waals surface area contributed by atoms with Crippen LogP contribution in [-0.2, 0) is 4.74 Å². The molecule has 0 aliphatic rings. The summed E-state index contributed by atoms with van der Waals surface area (Å²) in [4.78, 5) is 26.7. The number of pyridine rings is 1. The number of aromatic amines is 1. The number of esters is 1. The highest BCUT2D eigenvalue weighted by Crippen LogP contribution is 2.15. The third kappa shape index (κ3) is 2.73. The molecule has 0 aliphatic carbocycles. The van der Waals surface area contributed by atoms with Crippen molar-refractivity contribution in [3.63, 3.8) is 0 Å². The largest absolute Gasteiger partial charge is 0.462 e. The van der Waals surface area contributed by atoms with Crippen LogP contribution in [-0.4, -0.2) is 17.6 Å². The number of hydrogen-bond acceptors (Lipinski definition) is 3. The SMILES string of the molecule is CCOC(=O)c1c[nH]cc(-c2ccc(C)cc2)c1=O. The molecular weight excluding hydrogens is 242 g/mol. The van der Waals surface area contributed by atoms with Crippen LogP contribution < -0.4 is 5.43 Å². The second-order valence-electron chi connectivity index (χ2n) is 4.20. The summed E-state index contributed by atoms with van der Waals surface area (Å²) < 4.78 is 4.86. The molecule has 2 rings (SSSR count). The first-order valence-corrected chi connectivity index (χ1v) is 6.08. The van der Waals surface area contributed by atoms with Gasteiger partial charge in [0.25, 0.3) is 0 Å². The molecule has 0 saturated carbocycles.